The van der Waals surface area contributed by atoms with Gasteiger partial charge in [-0.25, -0.2) is 4.98 Å². The fourth-order valence-electron chi connectivity index (χ4n) is 2.45. The summed E-state index contributed by atoms with van der Waals surface area (Å²) in [5.74, 6) is 0.403. The van der Waals surface area contributed by atoms with Crippen LogP contribution in [0.4, 0.5) is 5.69 Å². The van der Waals surface area contributed by atoms with Crippen molar-refractivity contribution in [2.45, 2.75) is 0 Å². The molecule has 0 spiro atoms. The third-order valence-electron chi connectivity index (χ3n) is 3.86. The second kappa shape index (κ2) is 9.12. The molecule has 1 amide bonds. The topological polar surface area (TPSA) is 63.7 Å². The van der Waals surface area contributed by atoms with Gasteiger partial charge in [0.1, 0.15) is 6.61 Å². The smallest absolute Gasteiger partial charge is 0.255 e. The maximum atomic E-state index is 12.2. The molecule has 1 aliphatic rings. The molecular formula is C18H20IN3O3. The minimum atomic E-state index is -0.154. The summed E-state index contributed by atoms with van der Waals surface area (Å²) in [6.45, 7) is 4.90. The molecule has 0 unspecified atom stereocenters. The van der Waals surface area contributed by atoms with Gasteiger partial charge in [-0.05, 0) is 52.9 Å². The van der Waals surface area contributed by atoms with Crippen LogP contribution in [0.3, 0.4) is 0 Å². The first-order valence-corrected chi connectivity index (χ1v) is 9.24. The Balaban J connectivity index is 1.46. The number of amides is 1. The number of halogens is 1. The van der Waals surface area contributed by atoms with Gasteiger partial charge in [0, 0.05) is 34.8 Å². The molecule has 132 valence electrons. The number of aromatic nitrogens is 1. The highest BCUT2D eigenvalue weighted by atomic mass is 127. The van der Waals surface area contributed by atoms with E-state index in [1.807, 2.05) is 12.1 Å². The summed E-state index contributed by atoms with van der Waals surface area (Å²) < 4.78 is 12.1. The number of pyridine rings is 1. The van der Waals surface area contributed by atoms with Crippen molar-refractivity contribution in [3.8, 4) is 5.88 Å². The van der Waals surface area contributed by atoms with Gasteiger partial charge in [-0.3, -0.25) is 9.69 Å². The Morgan fingerprint density at radius 1 is 1.20 bits per heavy atom. The first kappa shape index (κ1) is 18.1. The Morgan fingerprint density at radius 3 is 2.64 bits per heavy atom. The predicted molar refractivity (Wildman–Crippen MR) is 104 cm³/mol. The Labute approximate surface area is 160 Å². The number of morpholine rings is 1. The molecule has 1 aromatic carbocycles. The average Bonchev–Trinajstić information content (AvgIpc) is 2.64. The van der Waals surface area contributed by atoms with E-state index in [1.165, 1.54) is 0 Å². The van der Waals surface area contributed by atoms with Crippen molar-refractivity contribution in [2.75, 3.05) is 44.8 Å². The number of benzene rings is 1. The Kier molecular flexibility index (Phi) is 6.60. The van der Waals surface area contributed by atoms with Gasteiger partial charge in [-0.15, -0.1) is 0 Å². The van der Waals surface area contributed by atoms with Gasteiger partial charge < -0.3 is 14.8 Å². The zero-order valence-electron chi connectivity index (χ0n) is 13.8. The van der Waals surface area contributed by atoms with Gasteiger partial charge in [0.15, 0.2) is 0 Å². The maximum Gasteiger partial charge on any atom is 0.255 e. The normalized spacial score (nSPS) is 14.9. The lowest BCUT2D eigenvalue weighted by Gasteiger charge is -2.26. The monoisotopic (exact) mass is 453 g/mol. The largest absolute Gasteiger partial charge is 0.476 e. The quantitative estimate of drug-likeness (QED) is 0.682. The van der Waals surface area contributed by atoms with Crippen molar-refractivity contribution in [3.63, 3.8) is 0 Å². The van der Waals surface area contributed by atoms with E-state index < -0.39 is 0 Å². The van der Waals surface area contributed by atoms with E-state index in [0.29, 0.717) is 23.7 Å². The predicted octanol–water partition coefficient (Wildman–Crippen LogP) is 2.65. The van der Waals surface area contributed by atoms with Crippen LogP contribution in [-0.4, -0.2) is 55.2 Å². The van der Waals surface area contributed by atoms with Crippen LogP contribution >= 0.6 is 22.6 Å². The van der Waals surface area contributed by atoms with Crippen LogP contribution < -0.4 is 10.1 Å². The molecule has 1 N–H and O–H groups in total. The summed E-state index contributed by atoms with van der Waals surface area (Å²) in [5, 5.41) is 2.83. The molecule has 0 aliphatic carbocycles. The summed E-state index contributed by atoms with van der Waals surface area (Å²) in [6.07, 6.45) is 1.61. The molecule has 0 bridgehead atoms. The number of anilines is 1. The van der Waals surface area contributed by atoms with E-state index in [2.05, 4.69) is 37.8 Å². The van der Waals surface area contributed by atoms with Crippen LogP contribution in [0.2, 0.25) is 0 Å². The summed E-state index contributed by atoms with van der Waals surface area (Å²) in [4.78, 5) is 18.7. The lowest BCUT2D eigenvalue weighted by Crippen LogP contribution is -2.38. The molecule has 6 nitrogen and oxygen atoms in total. The number of carbonyl (C=O) groups is 1. The van der Waals surface area contributed by atoms with Crippen molar-refractivity contribution in [1.82, 2.24) is 9.88 Å². The molecule has 1 aliphatic heterocycles. The molecule has 3 rings (SSSR count). The van der Waals surface area contributed by atoms with Crippen molar-refractivity contribution in [1.29, 1.82) is 0 Å². The minimum Gasteiger partial charge on any atom is -0.476 e. The minimum absolute atomic E-state index is 0.154. The van der Waals surface area contributed by atoms with E-state index in [4.69, 9.17) is 9.47 Å². The molecule has 1 fully saturated rings. The molecule has 25 heavy (non-hydrogen) atoms. The fraction of sp³-hybridized carbons (Fsp3) is 0.333. The van der Waals surface area contributed by atoms with Crippen molar-refractivity contribution in [3.05, 3.63) is 51.7 Å². The van der Waals surface area contributed by atoms with Crippen LogP contribution in [0.1, 0.15) is 10.4 Å². The molecule has 0 atom stereocenters. The molecule has 0 saturated carbocycles. The molecule has 2 aromatic rings. The number of hydrogen-bond acceptors (Lipinski definition) is 5. The summed E-state index contributed by atoms with van der Waals surface area (Å²) in [5.41, 5.74) is 1.26. The van der Waals surface area contributed by atoms with Gasteiger partial charge in [0.05, 0.1) is 25.1 Å². The lowest BCUT2D eigenvalue weighted by molar-refractivity contribution is 0.0320. The zero-order valence-corrected chi connectivity index (χ0v) is 15.9. The van der Waals surface area contributed by atoms with Crippen molar-refractivity contribution < 1.29 is 14.3 Å². The lowest BCUT2D eigenvalue weighted by atomic mass is 10.2. The second-order valence-electron chi connectivity index (χ2n) is 5.65. The van der Waals surface area contributed by atoms with Crippen LogP contribution in [0.5, 0.6) is 5.88 Å². The highest BCUT2D eigenvalue weighted by molar-refractivity contribution is 14.1. The molecular weight excluding hydrogens is 433 g/mol. The van der Waals surface area contributed by atoms with Crippen molar-refractivity contribution >= 4 is 34.2 Å². The number of carbonyl (C=O) groups excluding carboxylic acids is 1. The van der Waals surface area contributed by atoms with Gasteiger partial charge in [0.25, 0.3) is 5.91 Å². The number of hydrogen-bond donors (Lipinski definition) is 1. The highest BCUT2D eigenvalue weighted by Gasteiger charge is 2.10. The standard InChI is InChI=1S/C18H20IN3O3/c19-15-3-1-14(2-4-15)18(23)21-16-5-6-17(20-13-16)25-12-9-22-7-10-24-11-8-22/h1-6,13H,7-12H2,(H,21,23). The summed E-state index contributed by atoms with van der Waals surface area (Å²) >= 11 is 2.21. The Hall–Kier alpha value is -1.71. The first-order chi connectivity index (χ1) is 12.2. The molecule has 2 heterocycles. The van der Waals surface area contributed by atoms with Gasteiger partial charge in [-0.2, -0.15) is 0 Å². The Bertz CT molecular complexity index is 686. The number of nitrogens with zero attached hydrogens (tertiary/aromatic N) is 2. The van der Waals surface area contributed by atoms with Gasteiger partial charge in [0.2, 0.25) is 5.88 Å². The van der Waals surface area contributed by atoms with Crippen LogP contribution in [-0.2, 0) is 4.74 Å². The third kappa shape index (κ3) is 5.65. The highest BCUT2D eigenvalue weighted by Crippen LogP contribution is 2.14. The van der Waals surface area contributed by atoms with E-state index in [0.717, 1.165) is 36.4 Å². The van der Waals surface area contributed by atoms with Crippen LogP contribution in [0.25, 0.3) is 0 Å². The number of nitrogens with one attached hydrogen (secondary N) is 1. The van der Waals surface area contributed by atoms with E-state index in [9.17, 15) is 4.79 Å². The van der Waals surface area contributed by atoms with E-state index in [-0.39, 0.29) is 5.91 Å². The van der Waals surface area contributed by atoms with Crippen LogP contribution in [0.15, 0.2) is 42.6 Å². The summed E-state index contributed by atoms with van der Waals surface area (Å²) in [6, 6.07) is 11.0. The molecule has 0 radical (unpaired) electrons. The molecule has 7 heteroatoms. The van der Waals surface area contributed by atoms with E-state index >= 15 is 0 Å². The molecule has 1 aromatic heterocycles. The number of rotatable bonds is 6. The van der Waals surface area contributed by atoms with Crippen molar-refractivity contribution in [2.24, 2.45) is 0 Å². The van der Waals surface area contributed by atoms with Crippen LogP contribution in [0, 0.1) is 3.57 Å². The van der Waals surface area contributed by atoms with Gasteiger partial charge >= 0.3 is 0 Å². The first-order valence-electron chi connectivity index (χ1n) is 8.16. The fourth-order valence-corrected chi connectivity index (χ4v) is 2.81. The second-order valence-corrected chi connectivity index (χ2v) is 6.89. The Morgan fingerprint density at radius 2 is 1.96 bits per heavy atom. The third-order valence-corrected chi connectivity index (χ3v) is 4.58. The number of ether oxygens (including phenoxy) is 2. The van der Waals surface area contributed by atoms with E-state index in [1.54, 1.807) is 30.5 Å². The SMILES string of the molecule is O=C(Nc1ccc(OCCN2CCOCC2)nc1)c1ccc(I)cc1. The van der Waals surface area contributed by atoms with Gasteiger partial charge in [-0.1, -0.05) is 0 Å². The maximum absolute atomic E-state index is 12.2. The summed E-state index contributed by atoms with van der Waals surface area (Å²) in [7, 11) is 0. The average molecular weight is 453 g/mol. The molecule has 1 saturated heterocycles. The zero-order chi connectivity index (χ0) is 17.5.